The van der Waals surface area contributed by atoms with Gasteiger partial charge in [-0.25, -0.2) is 18.7 Å². The minimum Gasteiger partial charge on any atom is -0.356 e. The molecule has 2 aliphatic rings. The predicted octanol–water partition coefficient (Wildman–Crippen LogP) is 4.96. The van der Waals surface area contributed by atoms with Crippen molar-refractivity contribution in [3.8, 4) is 6.07 Å². The van der Waals surface area contributed by atoms with Crippen molar-refractivity contribution in [2.45, 2.75) is 63.6 Å². The molecule has 1 aromatic carbocycles. The zero-order valence-electron chi connectivity index (χ0n) is 21.6. The van der Waals surface area contributed by atoms with Crippen LogP contribution in [-0.4, -0.2) is 54.0 Å². The molecule has 2 fully saturated rings. The molecule has 0 aliphatic carbocycles. The second-order valence-corrected chi connectivity index (χ2v) is 10.2. The van der Waals surface area contributed by atoms with Crippen LogP contribution in [0.2, 0.25) is 0 Å². The number of halogens is 5. The highest BCUT2D eigenvalue weighted by Crippen LogP contribution is 2.38. The average Bonchev–Trinajstić information content (AvgIpc) is 3.24. The molecule has 2 saturated heterocycles. The highest BCUT2D eigenvalue weighted by molar-refractivity contribution is 5.86. The standard InChI is InChI=1S/C27H31F5N6O/c1-2-3-18-9-12-37(13-10-18)22-14-23(36-25(35-22)27(30,31)32)38-17-26(28,29)15-21(38)24(39)34-11-8-19-4-6-20(16-33)7-5-19/h4-7,14,18,21H,2-3,8-13,15,17H2,1H3,(H,34,39)/t21-/m0/s1. The largest absolute Gasteiger partial charge is 0.451 e. The van der Waals surface area contributed by atoms with Gasteiger partial charge in [-0.3, -0.25) is 4.79 Å². The van der Waals surface area contributed by atoms with Gasteiger partial charge in [0.2, 0.25) is 11.7 Å². The normalized spacial score (nSPS) is 19.7. The van der Waals surface area contributed by atoms with Gasteiger partial charge >= 0.3 is 6.18 Å². The Morgan fingerprint density at radius 1 is 1.15 bits per heavy atom. The molecule has 0 bridgehead atoms. The highest BCUT2D eigenvalue weighted by atomic mass is 19.4. The number of hydrogen-bond acceptors (Lipinski definition) is 6. The second-order valence-electron chi connectivity index (χ2n) is 10.2. The van der Waals surface area contributed by atoms with Gasteiger partial charge in [0.05, 0.1) is 18.2 Å². The molecule has 3 heterocycles. The van der Waals surface area contributed by atoms with E-state index in [-0.39, 0.29) is 18.2 Å². The van der Waals surface area contributed by atoms with E-state index in [0.717, 1.165) is 36.1 Å². The predicted molar refractivity (Wildman–Crippen MR) is 135 cm³/mol. The number of rotatable bonds is 8. The molecule has 0 radical (unpaired) electrons. The lowest BCUT2D eigenvalue weighted by Gasteiger charge is -2.33. The summed E-state index contributed by atoms with van der Waals surface area (Å²) in [5.41, 5.74) is 1.32. The molecule has 1 N–H and O–H groups in total. The van der Waals surface area contributed by atoms with Crippen LogP contribution in [-0.2, 0) is 17.4 Å². The Bertz CT molecular complexity index is 1190. The first-order chi connectivity index (χ1) is 18.5. The number of hydrogen-bond donors (Lipinski definition) is 1. The molecule has 4 rings (SSSR count). The number of anilines is 2. The molecule has 0 spiro atoms. The van der Waals surface area contributed by atoms with Gasteiger partial charge in [-0.2, -0.15) is 18.4 Å². The molecule has 2 aromatic rings. The van der Waals surface area contributed by atoms with E-state index in [9.17, 15) is 26.7 Å². The molecule has 2 aliphatic heterocycles. The Morgan fingerprint density at radius 2 is 1.82 bits per heavy atom. The molecule has 0 unspecified atom stereocenters. The Kier molecular flexibility index (Phi) is 8.57. The summed E-state index contributed by atoms with van der Waals surface area (Å²) >= 11 is 0. The SMILES string of the molecule is CCCC1CCN(c2cc(N3CC(F)(F)C[C@H]3C(=O)NCCc3ccc(C#N)cc3)nc(C(F)(F)F)n2)CC1. The van der Waals surface area contributed by atoms with Crippen LogP contribution in [0.4, 0.5) is 33.6 Å². The van der Waals surface area contributed by atoms with Gasteiger partial charge in [-0.15, -0.1) is 0 Å². The summed E-state index contributed by atoms with van der Waals surface area (Å²) in [6.45, 7) is 2.31. The second kappa shape index (κ2) is 11.7. The van der Waals surface area contributed by atoms with Crippen LogP contribution in [0.3, 0.4) is 0 Å². The Hall–Kier alpha value is -3.49. The van der Waals surface area contributed by atoms with Gasteiger partial charge in [-0.1, -0.05) is 31.9 Å². The van der Waals surface area contributed by atoms with Crippen molar-refractivity contribution in [1.29, 1.82) is 5.26 Å². The van der Waals surface area contributed by atoms with Gasteiger partial charge < -0.3 is 15.1 Å². The van der Waals surface area contributed by atoms with Gasteiger partial charge in [0.15, 0.2) is 0 Å². The fourth-order valence-electron chi connectivity index (χ4n) is 5.20. The fraction of sp³-hybridized carbons (Fsp3) is 0.556. The van der Waals surface area contributed by atoms with E-state index in [4.69, 9.17) is 5.26 Å². The minimum atomic E-state index is -4.88. The van der Waals surface area contributed by atoms with Crippen LogP contribution in [0, 0.1) is 17.2 Å². The maximum Gasteiger partial charge on any atom is 0.451 e. The number of carbonyl (C=O) groups excluding carboxylic acids is 1. The summed E-state index contributed by atoms with van der Waals surface area (Å²) in [5, 5.41) is 11.5. The smallest absolute Gasteiger partial charge is 0.356 e. The molecule has 0 saturated carbocycles. The van der Waals surface area contributed by atoms with E-state index in [2.05, 4.69) is 22.2 Å². The first-order valence-corrected chi connectivity index (χ1v) is 13.1. The molecule has 1 aromatic heterocycles. The topological polar surface area (TPSA) is 85.1 Å². The van der Waals surface area contributed by atoms with Crippen molar-refractivity contribution in [2.24, 2.45) is 5.92 Å². The molecule has 12 heteroatoms. The van der Waals surface area contributed by atoms with E-state index in [1.165, 1.54) is 6.07 Å². The molecule has 39 heavy (non-hydrogen) atoms. The number of nitrogens with zero attached hydrogens (tertiary/aromatic N) is 5. The van der Waals surface area contributed by atoms with Gasteiger partial charge in [0, 0.05) is 32.1 Å². The molecule has 1 atom stereocenters. The van der Waals surface area contributed by atoms with E-state index >= 15 is 0 Å². The van der Waals surface area contributed by atoms with E-state index in [1.807, 2.05) is 6.07 Å². The lowest BCUT2D eigenvalue weighted by atomic mass is 9.92. The van der Waals surface area contributed by atoms with E-state index in [0.29, 0.717) is 31.0 Å². The van der Waals surface area contributed by atoms with Crippen molar-refractivity contribution >= 4 is 17.5 Å². The summed E-state index contributed by atoms with van der Waals surface area (Å²) in [6.07, 6.45) is -1.64. The third-order valence-corrected chi connectivity index (χ3v) is 7.25. The number of nitriles is 1. The average molecular weight is 551 g/mol. The molecular formula is C27H31F5N6O. The van der Waals surface area contributed by atoms with Crippen molar-refractivity contribution in [3.05, 3.63) is 47.3 Å². The maximum atomic E-state index is 14.5. The number of aromatic nitrogens is 2. The fourth-order valence-corrected chi connectivity index (χ4v) is 5.20. The zero-order chi connectivity index (χ0) is 28.2. The first-order valence-electron chi connectivity index (χ1n) is 13.1. The molecule has 210 valence electrons. The van der Waals surface area contributed by atoms with Crippen LogP contribution < -0.4 is 15.1 Å². The lowest BCUT2D eigenvalue weighted by molar-refractivity contribution is -0.144. The zero-order valence-corrected chi connectivity index (χ0v) is 21.6. The molecular weight excluding hydrogens is 519 g/mol. The van der Waals surface area contributed by atoms with Crippen LogP contribution in [0.15, 0.2) is 30.3 Å². The Labute approximate surface area is 224 Å². The number of amides is 1. The van der Waals surface area contributed by atoms with Crippen LogP contribution >= 0.6 is 0 Å². The number of piperidine rings is 1. The van der Waals surface area contributed by atoms with Gasteiger partial charge in [-0.05, 0) is 42.9 Å². The molecule has 7 nitrogen and oxygen atoms in total. The number of benzene rings is 1. The third kappa shape index (κ3) is 7.13. The quantitative estimate of drug-likeness (QED) is 0.468. The monoisotopic (exact) mass is 550 g/mol. The van der Waals surface area contributed by atoms with Crippen LogP contribution in [0.25, 0.3) is 0 Å². The highest BCUT2D eigenvalue weighted by Gasteiger charge is 2.49. The summed E-state index contributed by atoms with van der Waals surface area (Å²) < 4.78 is 70.3. The number of alkyl halides is 5. The van der Waals surface area contributed by atoms with Gasteiger partial charge in [0.25, 0.3) is 5.92 Å². The van der Waals surface area contributed by atoms with Crippen molar-refractivity contribution in [3.63, 3.8) is 0 Å². The molecule has 1 amide bonds. The summed E-state index contributed by atoms with van der Waals surface area (Å²) in [4.78, 5) is 23.0. The van der Waals surface area contributed by atoms with Gasteiger partial charge in [0.1, 0.15) is 17.7 Å². The van der Waals surface area contributed by atoms with Crippen molar-refractivity contribution < 1.29 is 26.7 Å². The summed E-state index contributed by atoms with van der Waals surface area (Å²) in [5.74, 6) is -5.23. The van der Waals surface area contributed by atoms with Crippen LogP contribution in [0.1, 0.15) is 56.0 Å². The number of nitrogens with one attached hydrogen (secondary N) is 1. The Balaban J connectivity index is 1.53. The lowest BCUT2D eigenvalue weighted by Crippen LogP contribution is -2.44. The maximum absolute atomic E-state index is 14.5. The van der Waals surface area contributed by atoms with Crippen molar-refractivity contribution in [1.82, 2.24) is 15.3 Å². The first kappa shape index (κ1) is 28.5. The third-order valence-electron chi connectivity index (χ3n) is 7.25. The summed E-state index contributed by atoms with van der Waals surface area (Å²) in [6, 6.07) is 8.63. The minimum absolute atomic E-state index is 0.0254. The summed E-state index contributed by atoms with van der Waals surface area (Å²) in [7, 11) is 0. The number of carbonyl (C=O) groups is 1. The van der Waals surface area contributed by atoms with E-state index < -0.39 is 42.8 Å². The van der Waals surface area contributed by atoms with Crippen molar-refractivity contribution in [2.75, 3.05) is 36.0 Å². The van der Waals surface area contributed by atoms with Crippen LogP contribution in [0.5, 0.6) is 0 Å². The van der Waals surface area contributed by atoms with E-state index in [1.54, 1.807) is 29.2 Å². The Morgan fingerprint density at radius 3 is 2.44 bits per heavy atom.